The molecule has 142 valence electrons. The zero-order valence-electron chi connectivity index (χ0n) is 15.5. The molecule has 4 fully saturated rings. The highest BCUT2D eigenvalue weighted by molar-refractivity contribution is 5.96. The SMILES string of the molecule is C[C@]12C/C(=C/O)C(=O)C[C@@H]1CC[C@@H]1[C@@H]2CC[C@]2(C)OC(=O)/C(=C\O)C[C@@H]12. The lowest BCUT2D eigenvalue weighted by atomic mass is 9.45. The maximum absolute atomic E-state index is 12.3. The van der Waals surface area contributed by atoms with Crippen LogP contribution in [0.1, 0.15) is 58.8 Å². The van der Waals surface area contributed by atoms with Gasteiger partial charge in [0.25, 0.3) is 0 Å². The van der Waals surface area contributed by atoms with Crippen molar-refractivity contribution in [2.24, 2.45) is 29.1 Å². The molecule has 0 spiro atoms. The Kier molecular flexibility index (Phi) is 3.97. The van der Waals surface area contributed by atoms with Gasteiger partial charge in [0.15, 0.2) is 5.78 Å². The molecule has 0 radical (unpaired) electrons. The van der Waals surface area contributed by atoms with E-state index < -0.39 is 11.6 Å². The standard InChI is InChI=1S/C21H28O5/c1-20-9-13(11-23)18(24)8-14(20)3-4-15-16(20)5-6-21(2)17(15)7-12(10-22)19(25)26-21/h10-11,14-17,22-23H,3-9H2,1-2H3/b12-10-,13-11-/t14-,15+,16-,17-,20-,21-/m0/s1. The van der Waals surface area contributed by atoms with E-state index in [1.54, 1.807) is 0 Å². The smallest absolute Gasteiger partial charge is 0.337 e. The van der Waals surface area contributed by atoms with Gasteiger partial charge in [0.05, 0.1) is 18.1 Å². The van der Waals surface area contributed by atoms with Gasteiger partial charge >= 0.3 is 5.97 Å². The van der Waals surface area contributed by atoms with Crippen molar-refractivity contribution in [3.8, 4) is 0 Å². The van der Waals surface area contributed by atoms with E-state index in [4.69, 9.17) is 4.74 Å². The van der Waals surface area contributed by atoms with Crippen molar-refractivity contribution in [1.82, 2.24) is 0 Å². The molecule has 2 N–H and O–H groups in total. The maximum atomic E-state index is 12.3. The summed E-state index contributed by atoms with van der Waals surface area (Å²) in [5, 5.41) is 18.9. The molecule has 0 unspecified atom stereocenters. The molecule has 1 heterocycles. The van der Waals surface area contributed by atoms with Crippen LogP contribution >= 0.6 is 0 Å². The molecule has 1 saturated heterocycles. The van der Waals surface area contributed by atoms with Crippen LogP contribution in [0.15, 0.2) is 23.7 Å². The van der Waals surface area contributed by atoms with Crippen molar-refractivity contribution in [2.45, 2.75) is 64.4 Å². The van der Waals surface area contributed by atoms with Crippen LogP contribution in [0.25, 0.3) is 0 Å². The van der Waals surface area contributed by atoms with E-state index in [-0.39, 0.29) is 17.1 Å². The molecular formula is C21H28O5. The van der Waals surface area contributed by atoms with Gasteiger partial charge in [-0.2, -0.15) is 0 Å². The Morgan fingerprint density at radius 3 is 2.42 bits per heavy atom. The number of ketones is 1. The van der Waals surface area contributed by atoms with Crippen molar-refractivity contribution in [3.05, 3.63) is 23.7 Å². The molecule has 0 amide bonds. The van der Waals surface area contributed by atoms with E-state index in [0.29, 0.717) is 48.2 Å². The van der Waals surface area contributed by atoms with Gasteiger partial charge < -0.3 is 14.9 Å². The molecule has 4 aliphatic rings. The van der Waals surface area contributed by atoms with Crippen molar-refractivity contribution in [2.75, 3.05) is 0 Å². The van der Waals surface area contributed by atoms with Gasteiger partial charge in [0, 0.05) is 17.9 Å². The largest absolute Gasteiger partial charge is 0.515 e. The van der Waals surface area contributed by atoms with Crippen LogP contribution in [-0.4, -0.2) is 27.6 Å². The second-order valence-corrected chi connectivity index (χ2v) is 9.21. The fraction of sp³-hybridized carbons (Fsp3) is 0.714. The molecule has 5 heteroatoms. The first-order valence-electron chi connectivity index (χ1n) is 9.75. The lowest BCUT2D eigenvalue weighted by Gasteiger charge is -2.61. The summed E-state index contributed by atoms with van der Waals surface area (Å²) in [5.41, 5.74) is 0.463. The Morgan fingerprint density at radius 1 is 1.00 bits per heavy atom. The Labute approximate surface area is 154 Å². The molecule has 4 rings (SSSR count). The molecule has 26 heavy (non-hydrogen) atoms. The number of esters is 1. The maximum Gasteiger partial charge on any atom is 0.337 e. The Bertz CT molecular complexity index is 707. The first kappa shape index (κ1) is 17.6. The van der Waals surface area contributed by atoms with Crippen molar-refractivity contribution >= 4 is 11.8 Å². The summed E-state index contributed by atoms with van der Waals surface area (Å²) in [5.74, 6) is 1.12. The number of carbonyl (C=O) groups is 2. The minimum atomic E-state index is -0.464. The number of aliphatic hydroxyl groups is 2. The number of aliphatic hydroxyl groups excluding tert-OH is 2. The normalized spacial score (nSPS) is 48.5. The highest BCUT2D eigenvalue weighted by atomic mass is 16.6. The number of fused-ring (bicyclic) bond motifs is 5. The molecule has 6 atom stereocenters. The highest BCUT2D eigenvalue weighted by Crippen LogP contribution is 2.63. The number of carbonyl (C=O) groups excluding carboxylic acids is 2. The quantitative estimate of drug-likeness (QED) is 0.387. The number of hydrogen-bond acceptors (Lipinski definition) is 5. The zero-order chi connectivity index (χ0) is 18.7. The summed E-state index contributed by atoms with van der Waals surface area (Å²) in [7, 11) is 0. The Morgan fingerprint density at radius 2 is 1.73 bits per heavy atom. The minimum absolute atomic E-state index is 0.00271. The van der Waals surface area contributed by atoms with Gasteiger partial charge in [-0.3, -0.25) is 4.79 Å². The molecular weight excluding hydrogens is 332 g/mol. The first-order valence-corrected chi connectivity index (χ1v) is 9.75. The average Bonchev–Trinajstić information content (AvgIpc) is 2.60. The van der Waals surface area contributed by atoms with Gasteiger partial charge in [-0.15, -0.1) is 0 Å². The van der Waals surface area contributed by atoms with Crippen molar-refractivity contribution in [1.29, 1.82) is 0 Å². The molecule has 0 bridgehead atoms. The highest BCUT2D eigenvalue weighted by Gasteiger charge is 2.60. The number of Topliss-reactive ketones (excluding diaryl/α,β-unsaturated/α-hetero) is 1. The van der Waals surface area contributed by atoms with E-state index in [2.05, 4.69) is 6.92 Å². The third-order valence-electron chi connectivity index (χ3n) is 8.10. The number of allylic oxidation sites excluding steroid dienone is 1. The first-order chi connectivity index (χ1) is 12.3. The fourth-order valence-corrected chi connectivity index (χ4v) is 6.61. The van der Waals surface area contributed by atoms with Crippen molar-refractivity contribution in [3.63, 3.8) is 0 Å². The molecule has 0 aromatic carbocycles. The molecule has 3 saturated carbocycles. The van der Waals surface area contributed by atoms with E-state index in [1.165, 1.54) is 0 Å². The van der Waals surface area contributed by atoms with E-state index in [0.717, 1.165) is 38.2 Å². The van der Waals surface area contributed by atoms with Crippen LogP contribution in [0.5, 0.6) is 0 Å². The molecule has 3 aliphatic carbocycles. The third-order valence-corrected chi connectivity index (χ3v) is 8.10. The van der Waals surface area contributed by atoms with E-state index >= 15 is 0 Å². The lowest BCUT2D eigenvalue weighted by molar-refractivity contribution is -0.193. The van der Waals surface area contributed by atoms with Crippen LogP contribution in [0.2, 0.25) is 0 Å². The molecule has 0 aromatic rings. The number of rotatable bonds is 0. The Balaban J connectivity index is 1.67. The monoisotopic (exact) mass is 360 g/mol. The van der Waals surface area contributed by atoms with E-state index in [1.807, 2.05) is 6.92 Å². The van der Waals surface area contributed by atoms with Gasteiger partial charge in [-0.05, 0) is 68.6 Å². The van der Waals surface area contributed by atoms with Crippen LogP contribution in [0, 0.1) is 29.1 Å². The summed E-state index contributed by atoms with van der Waals surface area (Å²) in [6.45, 7) is 4.32. The van der Waals surface area contributed by atoms with Gasteiger partial charge in [0.1, 0.15) is 5.60 Å². The van der Waals surface area contributed by atoms with Gasteiger partial charge in [-0.1, -0.05) is 6.92 Å². The topological polar surface area (TPSA) is 83.8 Å². The van der Waals surface area contributed by atoms with Crippen LogP contribution < -0.4 is 0 Å². The summed E-state index contributed by atoms with van der Waals surface area (Å²) >= 11 is 0. The fourth-order valence-electron chi connectivity index (χ4n) is 6.61. The lowest BCUT2D eigenvalue weighted by Crippen LogP contribution is -2.58. The van der Waals surface area contributed by atoms with E-state index in [9.17, 15) is 19.8 Å². The van der Waals surface area contributed by atoms with Gasteiger partial charge in [0.2, 0.25) is 0 Å². The van der Waals surface area contributed by atoms with Crippen molar-refractivity contribution < 1.29 is 24.5 Å². The second-order valence-electron chi connectivity index (χ2n) is 9.21. The van der Waals surface area contributed by atoms with Crippen LogP contribution in [0.4, 0.5) is 0 Å². The van der Waals surface area contributed by atoms with Crippen LogP contribution in [-0.2, 0) is 14.3 Å². The van der Waals surface area contributed by atoms with Gasteiger partial charge in [-0.25, -0.2) is 4.79 Å². The second kappa shape index (κ2) is 5.86. The molecule has 5 nitrogen and oxygen atoms in total. The average molecular weight is 360 g/mol. The summed E-state index contributed by atoms with van der Waals surface area (Å²) in [4.78, 5) is 24.4. The predicted molar refractivity (Wildman–Crippen MR) is 95.3 cm³/mol. The van der Waals surface area contributed by atoms with Crippen LogP contribution in [0.3, 0.4) is 0 Å². The number of hydrogen-bond donors (Lipinski definition) is 2. The third kappa shape index (κ3) is 2.35. The summed E-state index contributed by atoms with van der Waals surface area (Å²) in [6, 6.07) is 0. The minimum Gasteiger partial charge on any atom is -0.515 e. The summed E-state index contributed by atoms with van der Waals surface area (Å²) in [6.07, 6.45) is 7.48. The predicted octanol–water partition coefficient (Wildman–Crippen LogP) is 4.00. The Hall–Kier alpha value is -1.78. The molecule has 0 aromatic heterocycles. The summed E-state index contributed by atoms with van der Waals surface area (Å²) < 4.78 is 5.79. The molecule has 1 aliphatic heterocycles. The number of ether oxygens (including phenoxy) is 1. The zero-order valence-corrected chi connectivity index (χ0v) is 15.5.